The smallest absolute Gasteiger partial charge is 0.263 e. The topological polar surface area (TPSA) is 81.2 Å². The lowest BCUT2D eigenvalue weighted by molar-refractivity contribution is 0.192. The molecular formula is C11H19ClN4O2S. The summed E-state index contributed by atoms with van der Waals surface area (Å²) < 4.78 is 28.2. The van der Waals surface area contributed by atoms with E-state index >= 15 is 0 Å². The van der Waals surface area contributed by atoms with Gasteiger partial charge in [0.15, 0.2) is 0 Å². The lowest BCUT2D eigenvalue weighted by Gasteiger charge is -2.37. The molecule has 1 aromatic rings. The minimum atomic E-state index is -3.68. The first-order valence-corrected chi connectivity index (χ1v) is 8.10. The Labute approximate surface area is 118 Å². The van der Waals surface area contributed by atoms with Crippen LogP contribution in [0.1, 0.15) is 19.8 Å². The molecule has 2 rings (SSSR count). The largest absolute Gasteiger partial charge is 0.329 e. The van der Waals surface area contributed by atoms with Crippen molar-refractivity contribution in [3.8, 4) is 0 Å². The van der Waals surface area contributed by atoms with Crippen LogP contribution in [-0.2, 0) is 17.1 Å². The highest BCUT2D eigenvalue weighted by molar-refractivity contribution is 7.89. The molecule has 1 fully saturated rings. The van der Waals surface area contributed by atoms with E-state index in [-0.39, 0.29) is 22.1 Å². The maximum absolute atomic E-state index is 12.6. The summed E-state index contributed by atoms with van der Waals surface area (Å²) in [5.41, 5.74) is 5.74. The standard InChI is InChI=1S/C11H19ClN4O2S/c1-8-4-3-5-16(9(8)6-13)19(17,18)11-10(12)15(2)7-14-11/h7-9H,3-6,13H2,1-2H3/t8-,9-/m0/s1. The van der Waals surface area contributed by atoms with Gasteiger partial charge >= 0.3 is 0 Å². The van der Waals surface area contributed by atoms with Crippen molar-refractivity contribution in [1.29, 1.82) is 0 Å². The van der Waals surface area contributed by atoms with Crippen molar-refractivity contribution in [3.05, 3.63) is 11.5 Å². The van der Waals surface area contributed by atoms with Crippen LogP contribution in [0.3, 0.4) is 0 Å². The molecule has 2 atom stereocenters. The third kappa shape index (κ3) is 2.52. The summed E-state index contributed by atoms with van der Waals surface area (Å²) in [7, 11) is -2.02. The second-order valence-electron chi connectivity index (χ2n) is 4.99. The summed E-state index contributed by atoms with van der Waals surface area (Å²) in [5.74, 6) is 0.246. The quantitative estimate of drug-likeness (QED) is 0.896. The van der Waals surface area contributed by atoms with Crippen LogP contribution in [-0.4, -0.2) is 41.4 Å². The van der Waals surface area contributed by atoms with Crippen LogP contribution in [0.5, 0.6) is 0 Å². The van der Waals surface area contributed by atoms with Crippen LogP contribution in [0.2, 0.25) is 5.15 Å². The minimum Gasteiger partial charge on any atom is -0.329 e. The molecule has 108 valence electrons. The maximum Gasteiger partial charge on any atom is 0.263 e. The van der Waals surface area contributed by atoms with E-state index in [1.807, 2.05) is 6.92 Å². The zero-order chi connectivity index (χ0) is 14.2. The molecule has 8 heteroatoms. The summed E-state index contributed by atoms with van der Waals surface area (Å²) in [5, 5.41) is 0.0539. The third-order valence-corrected chi connectivity index (χ3v) is 6.11. The van der Waals surface area contributed by atoms with Crippen molar-refractivity contribution in [2.45, 2.75) is 30.8 Å². The fourth-order valence-corrected chi connectivity index (χ4v) is 4.70. The Bertz CT molecular complexity index is 557. The fourth-order valence-electron chi connectivity index (χ4n) is 2.54. The molecule has 1 aliphatic rings. The summed E-state index contributed by atoms with van der Waals surface area (Å²) in [6, 6.07) is -0.183. The van der Waals surface area contributed by atoms with Gasteiger partial charge in [-0.2, -0.15) is 4.31 Å². The zero-order valence-corrected chi connectivity index (χ0v) is 12.7. The Morgan fingerprint density at radius 2 is 2.26 bits per heavy atom. The first-order chi connectivity index (χ1) is 8.89. The van der Waals surface area contributed by atoms with E-state index in [1.54, 1.807) is 7.05 Å². The summed E-state index contributed by atoms with van der Waals surface area (Å²) >= 11 is 6.00. The van der Waals surface area contributed by atoms with Crippen LogP contribution in [0.4, 0.5) is 0 Å². The molecule has 1 saturated heterocycles. The van der Waals surface area contributed by atoms with Gasteiger partial charge in [-0.25, -0.2) is 13.4 Å². The normalized spacial score (nSPS) is 25.7. The van der Waals surface area contributed by atoms with E-state index in [2.05, 4.69) is 4.98 Å². The molecule has 19 heavy (non-hydrogen) atoms. The lowest BCUT2D eigenvalue weighted by Crippen LogP contribution is -2.51. The highest BCUT2D eigenvalue weighted by Crippen LogP contribution is 2.30. The first kappa shape index (κ1) is 14.8. The number of sulfonamides is 1. The second kappa shape index (κ2) is 5.40. The van der Waals surface area contributed by atoms with Crippen LogP contribution in [0, 0.1) is 5.92 Å². The van der Waals surface area contributed by atoms with E-state index in [4.69, 9.17) is 17.3 Å². The number of nitrogens with zero attached hydrogens (tertiary/aromatic N) is 3. The van der Waals surface area contributed by atoms with Gasteiger partial charge in [0.1, 0.15) is 5.15 Å². The maximum atomic E-state index is 12.6. The summed E-state index contributed by atoms with van der Waals surface area (Å²) in [6.45, 7) is 2.81. The monoisotopic (exact) mass is 306 g/mol. The predicted octanol–water partition coefficient (Wildman–Crippen LogP) is 0.821. The molecule has 2 N–H and O–H groups in total. The summed E-state index contributed by atoms with van der Waals surface area (Å²) in [4.78, 5) is 3.92. The molecule has 0 radical (unpaired) electrons. The molecule has 0 saturated carbocycles. The van der Waals surface area contributed by atoms with Gasteiger partial charge in [-0.3, -0.25) is 0 Å². The predicted molar refractivity (Wildman–Crippen MR) is 73.4 cm³/mol. The van der Waals surface area contributed by atoms with Gasteiger partial charge in [-0.05, 0) is 18.8 Å². The number of imidazole rings is 1. The molecular weight excluding hydrogens is 288 g/mol. The molecule has 0 unspecified atom stereocenters. The molecule has 2 heterocycles. The van der Waals surface area contributed by atoms with Gasteiger partial charge in [0.05, 0.1) is 6.33 Å². The summed E-state index contributed by atoms with van der Waals surface area (Å²) in [6.07, 6.45) is 3.23. The van der Waals surface area contributed by atoms with Crippen LogP contribution < -0.4 is 5.73 Å². The fraction of sp³-hybridized carbons (Fsp3) is 0.727. The molecule has 0 aromatic carbocycles. The minimum absolute atomic E-state index is 0.0794. The molecule has 0 spiro atoms. The number of aryl methyl sites for hydroxylation is 1. The molecule has 1 aliphatic heterocycles. The Hall–Kier alpha value is -0.630. The molecule has 1 aromatic heterocycles. The average Bonchev–Trinajstić information content (AvgIpc) is 2.70. The number of aromatic nitrogens is 2. The van der Waals surface area contributed by atoms with Gasteiger partial charge in [-0.15, -0.1) is 0 Å². The van der Waals surface area contributed by atoms with Crippen molar-refractivity contribution in [3.63, 3.8) is 0 Å². The number of halogens is 1. The van der Waals surface area contributed by atoms with Gasteiger partial charge in [0.2, 0.25) is 5.03 Å². The molecule has 0 amide bonds. The highest BCUT2D eigenvalue weighted by Gasteiger charge is 2.38. The van der Waals surface area contributed by atoms with E-state index in [1.165, 1.54) is 15.2 Å². The van der Waals surface area contributed by atoms with Crippen LogP contribution in [0.25, 0.3) is 0 Å². The van der Waals surface area contributed by atoms with Crippen molar-refractivity contribution in [1.82, 2.24) is 13.9 Å². The zero-order valence-electron chi connectivity index (χ0n) is 11.1. The SMILES string of the molecule is C[C@H]1CCCN(S(=O)(=O)c2ncn(C)c2Cl)[C@H]1CN. The average molecular weight is 307 g/mol. The van der Waals surface area contributed by atoms with Crippen molar-refractivity contribution in [2.24, 2.45) is 18.7 Å². The molecule has 0 bridgehead atoms. The van der Waals surface area contributed by atoms with Gasteiger partial charge in [0.25, 0.3) is 10.0 Å². The van der Waals surface area contributed by atoms with Crippen LogP contribution in [0.15, 0.2) is 11.4 Å². The number of hydrogen-bond donors (Lipinski definition) is 1. The van der Waals surface area contributed by atoms with E-state index in [0.717, 1.165) is 12.8 Å². The first-order valence-electron chi connectivity index (χ1n) is 6.28. The van der Waals surface area contributed by atoms with Crippen molar-refractivity contribution >= 4 is 21.6 Å². The molecule has 0 aliphatic carbocycles. The highest BCUT2D eigenvalue weighted by atomic mass is 35.5. The number of rotatable bonds is 3. The van der Waals surface area contributed by atoms with Gasteiger partial charge < -0.3 is 10.3 Å². The van der Waals surface area contributed by atoms with E-state index in [9.17, 15) is 8.42 Å². The van der Waals surface area contributed by atoms with Gasteiger partial charge in [0, 0.05) is 26.2 Å². The lowest BCUT2D eigenvalue weighted by atomic mass is 9.93. The molecule has 6 nitrogen and oxygen atoms in total. The third-order valence-electron chi connectivity index (χ3n) is 3.69. The Kier molecular flexibility index (Phi) is 4.20. The van der Waals surface area contributed by atoms with Crippen molar-refractivity contribution in [2.75, 3.05) is 13.1 Å². The Balaban J connectivity index is 2.41. The number of hydrogen-bond acceptors (Lipinski definition) is 4. The Morgan fingerprint density at radius 3 is 2.79 bits per heavy atom. The number of nitrogens with two attached hydrogens (primary N) is 1. The second-order valence-corrected chi connectivity index (χ2v) is 7.15. The van der Waals surface area contributed by atoms with Crippen molar-refractivity contribution < 1.29 is 8.42 Å². The number of piperidine rings is 1. The van der Waals surface area contributed by atoms with E-state index < -0.39 is 10.0 Å². The van der Waals surface area contributed by atoms with E-state index in [0.29, 0.717) is 13.1 Å². The van der Waals surface area contributed by atoms with Gasteiger partial charge in [-0.1, -0.05) is 18.5 Å². The van der Waals surface area contributed by atoms with Crippen LogP contribution >= 0.6 is 11.6 Å². The Morgan fingerprint density at radius 1 is 1.58 bits per heavy atom.